The Balaban J connectivity index is 2.03. The van der Waals surface area contributed by atoms with Gasteiger partial charge in [-0.05, 0) is 43.3 Å². The maximum Gasteiger partial charge on any atom is 0.240 e. The number of carbonyl (C=O) groups is 1. The summed E-state index contributed by atoms with van der Waals surface area (Å²) in [6, 6.07) is 13.6. The molecule has 0 aromatic heterocycles. The number of methoxy groups -OCH3 is 1. The number of ether oxygens (including phenoxy) is 1. The first-order valence-corrected chi connectivity index (χ1v) is 9.30. The van der Waals surface area contributed by atoms with Crippen LogP contribution in [0.3, 0.4) is 0 Å². The molecule has 0 unspecified atom stereocenters. The molecule has 0 radical (unpaired) electrons. The number of nitrogens with one attached hydrogen (secondary N) is 1. The van der Waals surface area contributed by atoms with Gasteiger partial charge < -0.3 is 9.64 Å². The van der Waals surface area contributed by atoms with E-state index in [1.807, 2.05) is 6.92 Å². The molecule has 0 atom stereocenters. The van der Waals surface area contributed by atoms with E-state index in [4.69, 9.17) is 4.74 Å². The molecule has 0 saturated carbocycles. The molecule has 25 heavy (non-hydrogen) atoms. The van der Waals surface area contributed by atoms with Gasteiger partial charge in [-0.2, -0.15) is 0 Å². The van der Waals surface area contributed by atoms with Crippen LogP contribution in [-0.2, 0) is 14.8 Å². The molecular weight excluding hydrogens is 340 g/mol. The minimum Gasteiger partial charge on any atom is -0.497 e. The van der Waals surface area contributed by atoms with E-state index < -0.39 is 10.0 Å². The molecule has 134 valence electrons. The van der Waals surface area contributed by atoms with Crippen molar-refractivity contribution in [3.05, 3.63) is 54.1 Å². The Labute approximate surface area is 148 Å². The zero-order valence-electron chi connectivity index (χ0n) is 14.5. The van der Waals surface area contributed by atoms with Crippen molar-refractivity contribution in [3.8, 4) is 5.75 Å². The first-order valence-electron chi connectivity index (χ1n) is 7.82. The third kappa shape index (κ3) is 5.04. The minimum atomic E-state index is -3.60. The molecule has 0 fully saturated rings. The average molecular weight is 362 g/mol. The van der Waals surface area contributed by atoms with Crippen molar-refractivity contribution in [2.24, 2.45) is 0 Å². The number of rotatable bonds is 7. The van der Waals surface area contributed by atoms with Crippen molar-refractivity contribution in [2.45, 2.75) is 18.7 Å². The fourth-order valence-electron chi connectivity index (χ4n) is 2.32. The lowest BCUT2D eigenvalue weighted by atomic mass is 10.2. The molecular formula is C18H22N2O4S. The number of sulfonamides is 1. The molecule has 6 nitrogen and oxygen atoms in total. The number of benzene rings is 2. The summed E-state index contributed by atoms with van der Waals surface area (Å²) in [5.41, 5.74) is 1.67. The standard InChI is InChI=1S/C18H22N2O4S/c1-14-4-10-18(11-5-14)25(22,23)19-12-13-20(15(2)21)16-6-8-17(24-3)9-7-16/h4-11,19H,12-13H2,1-3H3. The summed E-state index contributed by atoms with van der Waals surface area (Å²) in [7, 11) is -2.03. The van der Waals surface area contributed by atoms with Crippen LogP contribution >= 0.6 is 0 Å². The van der Waals surface area contributed by atoms with Crippen molar-refractivity contribution in [1.82, 2.24) is 4.72 Å². The lowest BCUT2D eigenvalue weighted by molar-refractivity contribution is -0.116. The van der Waals surface area contributed by atoms with Crippen molar-refractivity contribution in [1.29, 1.82) is 0 Å². The van der Waals surface area contributed by atoms with Gasteiger partial charge in [-0.3, -0.25) is 4.79 Å². The van der Waals surface area contributed by atoms with Gasteiger partial charge in [0.2, 0.25) is 15.9 Å². The molecule has 7 heteroatoms. The van der Waals surface area contributed by atoms with E-state index in [1.165, 1.54) is 11.8 Å². The number of aryl methyl sites for hydroxylation is 1. The zero-order valence-corrected chi connectivity index (χ0v) is 15.3. The number of hydrogen-bond acceptors (Lipinski definition) is 4. The van der Waals surface area contributed by atoms with Gasteiger partial charge in [0.05, 0.1) is 12.0 Å². The molecule has 0 aliphatic heterocycles. The summed E-state index contributed by atoms with van der Waals surface area (Å²) >= 11 is 0. The van der Waals surface area contributed by atoms with Crippen LogP contribution in [0.15, 0.2) is 53.4 Å². The molecule has 2 rings (SSSR count). The maximum atomic E-state index is 12.3. The fourth-order valence-corrected chi connectivity index (χ4v) is 3.34. The zero-order chi connectivity index (χ0) is 18.4. The molecule has 0 saturated heterocycles. The smallest absolute Gasteiger partial charge is 0.240 e. The predicted octanol–water partition coefficient (Wildman–Crippen LogP) is 2.34. The molecule has 1 N–H and O–H groups in total. The van der Waals surface area contributed by atoms with Crippen LogP contribution in [0.1, 0.15) is 12.5 Å². The average Bonchev–Trinajstić information content (AvgIpc) is 2.59. The van der Waals surface area contributed by atoms with E-state index >= 15 is 0 Å². The van der Waals surface area contributed by atoms with Crippen LogP contribution in [0.25, 0.3) is 0 Å². The van der Waals surface area contributed by atoms with Gasteiger partial charge in [0.1, 0.15) is 5.75 Å². The Hall–Kier alpha value is -2.38. The van der Waals surface area contributed by atoms with Crippen LogP contribution in [0.4, 0.5) is 5.69 Å². The number of nitrogens with zero attached hydrogens (tertiary/aromatic N) is 1. The third-order valence-corrected chi connectivity index (χ3v) is 5.20. The number of anilines is 1. The predicted molar refractivity (Wildman–Crippen MR) is 97.4 cm³/mol. The molecule has 0 spiro atoms. The first-order chi connectivity index (χ1) is 11.8. The highest BCUT2D eigenvalue weighted by Gasteiger charge is 2.16. The van der Waals surface area contributed by atoms with Crippen LogP contribution in [0.5, 0.6) is 5.75 Å². The molecule has 0 aliphatic carbocycles. The molecule has 0 bridgehead atoms. The highest BCUT2D eigenvalue weighted by atomic mass is 32.2. The van der Waals surface area contributed by atoms with Crippen LogP contribution in [0, 0.1) is 6.92 Å². The monoisotopic (exact) mass is 362 g/mol. The Morgan fingerprint density at radius 1 is 1.08 bits per heavy atom. The molecule has 0 aliphatic rings. The normalized spacial score (nSPS) is 11.2. The summed E-state index contributed by atoms with van der Waals surface area (Å²) in [5, 5.41) is 0. The van der Waals surface area contributed by atoms with Gasteiger partial charge >= 0.3 is 0 Å². The highest BCUT2D eigenvalue weighted by Crippen LogP contribution is 2.19. The van der Waals surface area contributed by atoms with Gasteiger partial charge in [0, 0.05) is 25.7 Å². The van der Waals surface area contributed by atoms with Gasteiger partial charge in [0.15, 0.2) is 0 Å². The van der Waals surface area contributed by atoms with Crippen molar-refractivity contribution < 1.29 is 17.9 Å². The van der Waals surface area contributed by atoms with Crippen molar-refractivity contribution in [2.75, 3.05) is 25.1 Å². The Bertz CT molecular complexity index is 815. The third-order valence-electron chi connectivity index (χ3n) is 3.72. The van der Waals surface area contributed by atoms with Gasteiger partial charge in [-0.15, -0.1) is 0 Å². The van der Waals surface area contributed by atoms with Crippen molar-refractivity contribution >= 4 is 21.6 Å². The van der Waals surface area contributed by atoms with E-state index in [-0.39, 0.29) is 23.9 Å². The van der Waals surface area contributed by atoms with Crippen LogP contribution in [0.2, 0.25) is 0 Å². The number of amides is 1. The van der Waals surface area contributed by atoms with E-state index in [0.717, 1.165) is 5.56 Å². The van der Waals surface area contributed by atoms with Gasteiger partial charge in [-0.1, -0.05) is 17.7 Å². The van der Waals surface area contributed by atoms with Gasteiger partial charge in [-0.25, -0.2) is 13.1 Å². The number of hydrogen-bond donors (Lipinski definition) is 1. The Kier molecular flexibility index (Phi) is 6.17. The highest BCUT2D eigenvalue weighted by molar-refractivity contribution is 7.89. The molecule has 2 aromatic rings. The summed E-state index contributed by atoms with van der Waals surface area (Å²) in [5.74, 6) is 0.520. The van der Waals surface area contributed by atoms with Gasteiger partial charge in [0.25, 0.3) is 0 Å². The second-order valence-corrected chi connectivity index (χ2v) is 7.35. The van der Waals surface area contributed by atoms with E-state index in [2.05, 4.69) is 4.72 Å². The van der Waals surface area contributed by atoms with Crippen molar-refractivity contribution in [3.63, 3.8) is 0 Å². The quantitative estimate of drug-likeness (QED) is 0.820. The summed E-state index contributed by atoms with van der Waals surface area (Å²) in [6.07, 6.45) is 0. The second-order valence-electron chi connectivity index (χ2n) is 5.58. The second kappa shape index (κ2) is 8.13. The fraction of sp³-hybridized carbons (Fsp3) is 0.278. The van der Waals surface area contributed by atoms with Crippen LogP contribution in [-0.4, -0.2) is 34.5 Å². The molecule has 0 heterocycles. The summed E-state index contributed by atoms with van der Waals surface area (Å²) in [4.78, 5) is 13.6. The van der Waals surface area contributed by atoms with Crippen LogP contribution < -0.4 is 14.4 Å². The Morgan fingerprint density at radius 3 is 2.20 bits per heavy atom. The lowest BCUT2D eigenvalue weighted by Crippen LogP contribution is -2.37. The lowest BCUT2D eigenvalue weighted by Gasteiger charge is -2.21. The molecule has 1 amide bonds. The first kappa shape index (κ1) is 19.0. The topological polar surface area (TPSA) is 75.7 Å². The SMILES string of the molecule is COc1ccc(N(CCNS(=O)(=O)c2ccc(C)cc2)C(C)=O)cc1. The summed E-state index contributed by atoms with van der Waals surface area (Å²) < 4.78 is 32.2. The van der Waals surface area contributed by atoms with E-state index in [0.29, 0.717) is 11.4 Å². The largest absolute Gasteiger partial charge is 0.497 e. The minimum absolute atomic E-state index is 0.113. The maximum absolute atomic E-state index is 12.3. The summed E-state index contributed by atoms with van der Waals surface area (Å²) in [6.45, 7) is 3.68. The van der Waals surface area contributed by atoms with E-state index in [1.54, 1.807) is 55.6 Å². The van der Waals surface area contributed by atoms with E-state index in [9.17, 15) is 13.2 Å². The number of carbonyl (C=O) groups excluding carboxylic acids is 1. The molecule has 2 aromatic carbocycles. The Morgan fingerprint density at radius 2 is 1.68 bits per heavy atom.